The van der Waals surface area contributed by atoms with E-state index < -0.39 is 0 Å². The van der Waals surface area contributed by atoms with Gasteiger partial charge in [-0.25, -0.2) is 0 Å². The van der Waals surface area contributed by atoms with Crippen LogP contribution in [0.25, 0.3) is 11.3 Å². The molecule has 0 bridgehead atoms. The molecule has 160 valence electrons. The van der Waals surface area contributed by atoms with Gasteiger partial charge in [0.15, 0.2) is 12.4 Å². The number of anilines is 1. The number of aromatic nitrogens is 2. The predicted molar refractivity (Wildman–Crippen MR) is 122 cm³/mol. The number of hydrogen-bond acceptors (Lipinski definition) is 5. The highest BCUT2D eigenvalue weighted by atomic mass is 16.5. The lowest BCUT2D eigenvalue weighted by Gasteiger charge is -2.35. The molecule has 0 atom stereocenters. The van der Waals surface area contributed by atoms with Gasteiger partial charge in [0.1, 0.15) is 5.75 Å². The summed E-state index contributed by atoms with van der Waals surface area (Å²) in [5, 5.41) is 8.81. The van der Waals surface area contributed by atoms with Gasteiger partial charge in [-0.15, -0.1) is 10.2 Å². The first-order valence-electron chi connectivity index (χ1n) is 10.6. The molecular formula is C25H28N4O2. The third-order valence-electron chi connectivity index (χ3n) is 5.86. The molecule has 0 unspecified atom stereocenters. The molecule has 1 amide bonds. The molecule has 3 aromatic rings. The van der Waals surface area contributed by atoms with E-state index in [4.69, 9.17) is 4.74 Å². The summed E-state index contributed by atoms with van der Waals surface area (Å²) < 4.78 is 5.78. The maximum absolute atomic E-state index is 12.6. The second-order valence-corrected chi connectivity index (χ2v) is 8.00. The van der Waals surface area contributed by atoms with E-state index in [9.17, 15) is 4.79 Å². The van der Waals surface area contributed by atoms with Crippen molar-refractivity contribution in [3.8, 4) is 17.0 Å². The summed E-state index contributed by atoms with van der Waals surface area (Å²) in [6, 6.07) is 18.2. The van der Waals surface area contributed by atoms with Gasteiger partial charge in [0.2, 0.25) is 0 Å². The number of aryl methyl sites for hydroxylation is 2. The third kappa shape index (κ3) is 4.85. The molecule has 1 fully saturated rings. The van der Waals surface area contributed by atoms with Crippen molar-refractivity contribution in [2.24, 2.45) is 0 Å². The fourth-order valence-electron chi connectivity index (χ4n) is 3.67. The van der Waals surface area contributed by atoms with Crippen LogP contribution in [-0.4, -0.2) is 53.8 Å². The maximum atomic E-state index is 12.6. The first-order chi connectivity index (χ1) is 15.0. The molecule has 4 rings (SSSR count). The zero-order chi connectivity index (χ0) is 21.8. The lowest BCUT2D eigenvalue weighted by atomic mass is 10.1. The number of hydrogen-bond donors (Lipinski definition) is 0. The third-order valence-corrected chi connectivity index (χ3v) is 5.86. The van der Waals surface area contributed by atoms with E-state index in [0.29, 0.717) is 13.1 Å². The van der Waals surface area contributed by atoms with Crippen LogP contribution >= 0.6 is 0 Å². The topological polar surface area (TPSA) is 58.6 Å². The number of piperazine rings is 1. The lowest BCUT2D eigenvalue weighted by Crippen LogP contribution is -2.50. The number of ether oxygens (including phenoxy) is 1. The minimum absolute atomic E-state index is 0.0151. The summed E-state index contributed by atoms with van der Waals surface area (Å²) in [7, 11) is 0. The maximum Gasteiger partial charge on any atom is 0.260 e. The molecule has 1 aliphatic rings. The van der Waals surface area contributed by atoms with Gasteiger partial charge in [-0.3, -0.25) is 4.79 Å². The highest BCUT2D eigenvalue weighted by molar-refractivity contribution is 5.78. The summed E-state index contributed by atoms with van der Waals surface area (Å²) in [5.41, 5.74) is 5.38. The molecule has 2 heterocycles. The zero-order valence-electron chi connectivity index (χ0n) is 18.3. The molecule has 6 heteroatoms. The Balaban J connectivity index is 1.30. The van der Waals surface area contributed by atoms with Gasteiger partial charge in [-0.05, 0) is 50.1 Å². The molecule has 0 saturated carbocycles. The van der Waals surface area contributed by atoms with Gasteiger partial charge in [-0.1, -0.05) is 42.0 Å². The fourth-order valence-corrected chi connectivity index (χ4v) is 3.67. The van der Waals surface area contributed by atoms with Gasteiger partial charge in [0.05, 0.1) is 5.69 Å². The average Bonchev–Trinajstić information content (AvgIpc) is 2.80. The minimum atomic E-state index is 0.0151. The lowest BCUT2D eigenvalue weighted by molar-refractivity contribution is -0.133. The predicted octanol–water partition coefficient (Wildman–Crippen LogP) is 3.80. The van der Waals surface area contributed by atoms with Crippen LogP contribution in [0, 0.1) is 20.8 Å². The quantitative estimate of drug-likeness (QED) is 0.633. The molecule has 2 aromatic carbocycles. The first kappa shape index (κ1) is 20.8. The molecule has 31 heavy (non-hydrogen) atoms. The Morgan fingerprint density at radius 3 is 2.32 bits per heavy atom. The van der Waals surface area contributed by atoms with Crippen LogP contribution in [0.4, 0.5) is 5.82 Å². The molecular weight excluding hydrogens is 388 g/mol. The number of rotatable bonds is 5. The summed E-state index contributed by atoms with van der Waals surface area (Å²) in [4.78, 5) is 16.6. The molecule has 0 radical (unpaired) electrons. The highest BCUT2D eigenvalue weighted by Gasteiger charge is 2.22. The Kier molecular flexibility index (Phi) is 6.16. The van der Waals surface area contributed by atoms with Crippen molar-refractivity contribution < 1.29 is 9.53 Å². The van der Waals surface area contributed by atoms with Crippen molar-refractivity contribution >= 4 is 11.7 Å². The molecule has 1 saturated heterocycles. The molecule has 1 aromatic heterocycles. The smallest absolute Gasteiger partial charge is 0.260 e. The second kappa shape index (κ2) is 9.16. The normalized spacial score (nSPS) is 13.9. The summed E-state index contributed by atoms with van der Waals surface area (Å²) in [6.45, 7) is 8.95. The fraction of sp³-hybridized carbons (Fsp3) is 0.320. The number of nitrogens with zero attached hydrogens (tertiary/aromatic N) is 4. The van der Waals surface area contributed by atoms with Crippen LogP contribution in [0.2, 0.25) is 0 Å². The molecule has 6 nitrogen and oxygen atoms in total. The van der Waals surface area contributed by atoms with E-state index in [0.717, 1.165) is 47.0 Å². The summed E-state index contributed by atoms with van der Waals surface area (Å²) in [6.07, 6.45) is 0. The van der Waals surface area contributed by atoms with Crippen LogP contribution in [0.15, 0.2) is 54.6 Å². The molecule has 0 N–H and O–H groups in total. The first-order valence-corrected chi connectivity index (χ1v) is 10.6. The zero-order valence-corrected chi connectivity index (χ0v) is 18.3. The SMILES string of the molecule is Cc1ccc(-c2ccc(N3CCN(C(=O)COc4cccc(C)c4C)CC3)nn2)cc1. The van der Waals surface area contributed by atoms with E-state index in [1.165, 1.54) is 5.56 Å². The Morgan fingerprint density at radius 2 is 1.65 bits per heavy atom. The van der Waals surface area contributed by atoms with Crippen molar-refractivity contribution in [3.05, 3.63) is 71.3 Å². The van der Waals surface area contributed by atoms with Crippen molar-refractivity contribution in [3.63, 3.8) is 0 Å². The molecule has 0 spiro atoms. The van der Waals surface area contributed by atoms with Crippen LogP contribution in [0.3, 0.4) is 0 Å². The average molecular weight is 417 g/mol. The number of carbonyl (C=O) groups excluding carboxylic acids is 1. The minimum Gasteiger partial charge on any atom is -0.483 e. The number of amides is 1. The number of carbonyl (C=O) groups is 1. The summed E-state index contributed by atoms with van der Waals surface area (Å²) in [5.74, 6) is 1.63. The van der Waals surface area contributed by atoms with Crippen LogP contribution in [-0.2, 0) is 4.79 Å². The Labute approximate surface area is 183 Å². The van der Waals surface area contributed by atoms with Crippen LogP contribution < -0.4 is 9.64 Å². The van der Waals surface area contributed by atoms with Gasteiger partial charge in [0, 0.05) is 31.7 Å². The van der Waals surface area contributed by atoms with Crippen molar-refractivity contribution in [2.45, 2.75) is 20.8 Å². The van der Waals surface area contributed by atoms with Crippen LogP contribution in [0.5, 0.6) is 5.75 Å². The number of benzene rings is 2. The Hall–Kier alpha value is -3.41. The van der Waals surface area contributed by atoms with E-state index in [-0.39, 0.29) is 12.5 Å². The Bertz CT molecular complexity index is 1040. The van der Waals surface area contributed by atoms with Crippen molar-refractivity contribution in [2.75, 3.05) is 37.7 Å². The standard InChI is InChI=1S/C25H28N4O2/c1-18-7-9-21(10-8-18)22-11-12-24(27-26-22)28-13-15-29(16-14-28)25(30)17-31-23-6-4-5-19(2)20(23)3/h4-12H,13-17H2,1-3H3. The van der Waals surface area contributed by atoms with Gasteiger partial charge in [-0.2, -0.15) is 0 Å². The highest BCUT2D eigenvalue weighted by Crippen LogP contribution is 2.22. The van der Waals surface area contributed by atoms with Crippen molar-refractivity contribution in [1.29, 1.82) is 0 Å². The second-order valence-electron chi connectivity index (χ2n) is 8.00. The summed E-state index contributed by atoms with van der Waals surface area (Å²) >= 11 is 0. The van der Waals surface area contributed by atoms with E-state index in [1.807, 2.05) is 49.1 Å². The van der Waals surface area contributed by atoms with Crippen molar-refractivity contribution in [1.82, 2.24) is 15.1 Å². The molecule has 0 aliphatic carbocycles. The largest absolute Gasteiger partial charge is 0.483 e. The van der Waals surface area contributed by atoms with Crippen LogP contribution in [0.1, 0.15) is 16.7 Å². The van der Waals surface area contributed by atoms with E-state index in [1.54, 1.807) is 0 Å². The van der Waals surface area contributed by atoms with Gasteiger partial charge in [0.25, 0.3) is 5.91 Å². The van der Waals surface area contributed by atoms with Gasteiger partial charge < -0.3 is 14.5 Å². The Morgan fingerprint density at radius 1 is 0.903 bits per heavy atom. The molecule has 1 aliphatic heterocycles. The van der Waals surface area contributed by atoms with Gasteiger partial charge >= 0.3 is 0 Å². The monoisotopic (exact) mass is 416 g/mol. The van der Waals surface area contributed by atoms with E-state index in [2.05, 4.69) is 46.3 Å². The van der Waals surface area contributed by atoms with E-state index >= 15 is 0 Å².